The van der Waals surface area contributed by atoms with Gasteiger partial charge in [-0.25, -0.2) is 5.14 Å². The molecule has 0 bridgehead atoms. The number of rotatable bonds is 1. The molecule has 2 amide bonds. The summed E-state index contributed by atoms with van der Waals surface area (Å²) in [6, 6.07) is 0. The highest BCUT2D eigenvalue weighted by molar-refractivity contribution is 7.87. The van der Waals surface area contributed by atoms with E-state index in [9.17, 15) is 18.0 Å². The Morgan fingerprint density at radius 1 is 1.18 bits per heavy atom. The third kappa shape index (κ3) is 2.64. The fraction of sp³-hybridized carbons (Fsp3) is 0.500. The van der Waals surface area contributed by atoms with Gasteiger partial charge < -0.3 is 0 Å². The Kier molecular flexibility index (Phi) is 2.71. The first-order valence-electron chi connectivity index (χ1n) is 2.61. The highest BCUT2D eigenvalue weighted by Gasteiger charge is 2.24. The van der Waals surface area contributed by atoms with Crippen molar-refractivity contribution in [1.82, 2.24) is 4.31 Å². The van der Waals surface area contributed by atoms with Gasteiger partial charge in [-0.1, -0.05) is 0 Å². The maximum atomic E-state index is 10.5. The number of nitrogens with two attached hydrogens (primary N) is 1. The van der Waals surface area contributed by atoms with Gasteiger partial charge in [0.05, 0.1) is 0 Å². The van der Waals surface area contributed by atoms with E-state index in [4.69, 9.17) is 0 Å². The molecule has 0 aromatic carbocycles. The molecule has 64 valence electrons. The van der Waals surface area contributed by atoms with Crippen LogP contribution in [0.25, 0.3) is 0 Å². The normalized spacial score (nSPS) is 10.8. The monoisotopic (exact) mass is 180 g/mol. The van der Waals surface area contributed by atoms with Gasteiger partial charge in [-0.05, 0) is 0 Å². The number of imide groups is 1. The first-order chi connectivity index (χ1) is 4.76. The van der Waals surface area contributed by atoms with Gasteiger partial charge in [0, 0.05) is 13.8 Å². The molecule has 0 radical (unpaired) electrons. The Bertz CT molecular complexity index is 266. The molecule has 2 N–H and O–H groups in total. The zero-order chi connectivity index (χ0) is 9.23. The van der Waals surface area contributed by atoms with Crippen molar-refractivity contribution in [2.24, 2.45) is 5.14 Å². The van der Waals surface area contributed by atoms with Gasteiger partial charge in [-0.15, -0.1) is 0 Å². The molecule has 0 spiro atoms. The molecule has 7 heteroatoms. The lowest BCUT2D eigenvalue weighted by Gasteiger charge is -2.12. The molecule has 0 heterocycles. The van der Waals surface area contributed by atoms with Gasteiger partial charge in [0.1, 0.15) is 0 Å². The van der Waals surface area contributed by atoms with Crippen molar-refractivity contribution in [1.29, 1.82) is 0 Å². The van der Waals surface area contributed by atoms with Crippen molar-refractivity contribution in [2.75, 3.05) is 0 Å². The van der Waals surface area contributed by atoms with Crippen LogP contribution in [0.2, 0.25) is 0 Å². The molecule has 0 aliphatic carbocycles. The van der Waals surface area contributed by atoms with Crippen LogP contribution in [0.15, 0.2) is 0 Å². The molecule has 0 rings (SSSR count). The lowest BCUT2D eigenvalue weighted by Crippen LogP contribution is -2.43. The number of carbonyl (C=O) groups is 2. The molecule has 11 heavy (non-hydrogen) atoms. The fourth-order valence-electron chi connectivity index (χ4n) is 0.580. The molecule has 0 saturated heterocycles. The van der Waals surface area contributed by atoms with Crippen molar-refractivity contribution >= 4 is 22.0 Å². The summed E-state index contributed by atoms with van der Waals surface area (Å²) >= 11 is 0. The number of hydrogen-bond acceptors (Lipinski definition) is 4. The van der Waals surface area contributed by atoms with Crippen molar-refractivity contribution in [3.05, 3.63) is 0 Å². The van der Waals surface area contributed by atoms with Gasteiger partial charge in [0.15, 0.2) is 0 Å². The highest BCUT2D eigenvalue weighted by atomic mass is 32.2. The van der Waals surface area contributed by atoms with Crippen LogP contribution in [0.1, 0.15) is 13.8 Å². The second-order valence-corrected chi connectivity index (χ2v) is 3.24. The summed E-state index contributed by atoms with van der Waals surface area (Å²) in [7, 11) is -4.23. The van der Waals surface area contributed by atoms with Crippen LogP contribution in [0.5, 0.6) is 0 Å². The number of nitrogens with zero attached hydrogens (tertiary/aromatic N) is 1. The van der Waals surface area contributed by atoms with Gasteiger partial charge in [0.25, 0.3) is 0 Å². The Morgan fingerprint density at radius 2 is 1.45 bits per heavy atom. The average Bonchev–Trinajstić information content (AvgIpc) is 1.54. The lowest BCUT2D eigenvalue weighted by molar-refractivity contribution is -0.135. The molecule has 0 fully saturated rings. The van der Waals surface area contributed by atoms with E-state index < -0.39 is 22.0 Å². The maximum Gasteiger partial charge on any atom is 0.307 e. The molecular formula is C4H8N2O4S. The Labute approximate surface area is 64.2 Å². The van der Waals surface area contributed by atoms with Gasteiger partial charge >= 0.3 is 10.2 Å². The largest absolute Gasteiger partial charge is 0.307 e. The van der Waals surface area contributed by atoms with Crippen LogP contribution in [0.3, 0.4) is 0 Å². The van der Waals surface area contributed by atoms with E-state index in [0.29, 0.717) is 0 Å². The van der Waals surface area contributed by atoms with Crippen molar-refractivity contribution in [3.63, 3.8) is 0 Å². The van der Waals surface area contributed by atoms with Crippen molar-refractivity contribution < 1.29 is 18.0 Å². The summed E-state index contributed by atoms with van der Waals surface area (Å²) in [5.74, 6) is -1.83. The van der Waals surface area contributed by atoms with E-state index in [1.807, 2.05) is 0 Å². The van der Waals surface area contributed by atoms with Crippen LogP contribution < -0.4 is 5.14 Å². The summed E-state index contributed by atoms with van der Waals surface area (Å²) in [5, 5.41) is 4.54. The zero-order valence-corrected chi connectivity index (χ0v) is 6.88. The Morgan fingerprint density at radius 3 is 1.45 bits per heavy atom. The quantitative estimate of drug-likeness (QED) is 0.535. The first-order valence-corrected chi connectivity index (χ1v) is 4.11. The summed E-state index contributed by atoms with van der Waals surface area (Å²) < 4.78 is 20.9. The highest BCUT2D eigenvalue weighted by Crippen LogP contribution is 1.95. The van der Waals surface area contributed by atoms with Gasteiger partial charge in [-0.2, -0.15) is 12.7 Å². The third-order valence-corrected chi connectivity index (χ3v) is 1.85. The summed E-state index contributed by atoms with van der Waals surface area (Å²) in [6.45, 7) is 1.87. The molecular weight excluding hydrogens is 172 g/mol. The van der Waals surface area contributed by atoms with E-state index in [1.54, 1.807) is 0 Å². The predicted molar refractivity (Wildman–Crippen MR) is 36.3 cm³/mol. The van der Waals surface area contributed by atoms with E-state index in [0.717, 1.165) is 13.8 Å². The summed E-state index contributed by atoms with van der Waals surface area (Å²) in [4.78, 5) is 21.0. The molecule has 0 aliphatic rings. The first kappa shape index (κ1) is 10.0. The van der Waals surface area contributed by atoms with E-state index in [1.165, 1.54) is 0 Å². The molecule has 0 saturated carbocycles. The molecule has 6 nitrogen and oxygen atoms in total. The van der Waals surface area contributed by atoms with Crippen molar-refractivity contribution in [2.45, 2.75) is 13.8 Å². The van der Waals surface area contributed by atoms with Crippen molar-refractivity contribution in [3.8, 4) is 0 Å². The minimum Gasteiger partial charge on any atom is -0.274 e. The fourth-order valence-corrected chi connectivity index (χ4v) is 1.30. The predicted octanol–water partition coefficient (Wildman–Crippen LogP) is -1.42. The molecule has 0 aromatic heterocycles. The van der Waals surface area contributed by atoms with Gasteiger partial charge in [-0.3, -0.25) is 9.59 Å². The standard InChI is InChI=1S/C4H8N2O4S/c1-3(7)6(4(2)8)11(5,9)10/h1-2H3,(H2,5,9,10). The van der Waals surface area contributed by atoms with Crippen LogP contribution in [-0.4, -0.2) is 24.5 Å². The smallest absolute Gasteiger partial charge is 0.274 e. The minimum atomic E-state index is -4.23. The maximum absolute atomic E-state index is 10.5. The molecule has 0 aliphatic heterocycles. The Hall–Kier alpha value is -0.950. The summed E-state index contributed by atoms with van der Waals surface area (Å²) in [6.07, 6.45) is 0. The molecule has 0 aromatic rings. The van der Waals surface area contributed by atoms with Gasteiger partial charge in [0.2, 0.25) is 11.8 Å². The topological polar surface area (TPSA) is 97.5 Å². The SMILES string of the molecule is CC(=O)N(C(C)=O)S(N)(=O)=O. The van der Waals surface area contributed by atoms with Crippen LogP contribution in [0.4, 0.5) is 0 Å². The number of amides is 2. The van der Waals surface area contributed by atoms with E-state index in [2.05, 4.69) is 5.14 Å². The summed E-state index contributed by atoms with van der Waals surface area (Å²) in [5.41, 5.74) is 0. The molecule has 0 atom stereocenters. The van der Waals surface area contributed by atoms with Crippen LogP contribution in [0, 0.1) is 0 Å². The third-order valence-electron chi connectivity index (χ3n) is 0.826. The minimum absolute atomic E-state index is 0.00694. The zero-order valence-electron chi connectivity index (χ0n) is 6.07. The van der Waals surface area contributed by atoms with Crippen LogP contribution in [-0.2, 0) is 19.8 Å². The average molecular weight is 180 g/mol. The molecule has 0 unspecified atom stereocenters. The Balaban J connectivity index is 4.94. The van der Waals surface area contributed by atoms with E-state index >= 15 is 0 Å². The number of carbonyl (C=O) groups excluding carboxylic acids is 2. The second kappa shape index (κ2) is 2.97. The second-order valence-electron chi connectivity index (χ2n) is 1.85. The van der Waals surface area contributed by atoms with Crippen LogP contribution >= 0.6 is 0 Å². The number of hydrogen-bond donors (Lipinski definition) is 1. The van der Waals surface area contributed by atoms with E-state index in [-0.39, 0.29) is 4.31 Å². The lowest BCUT2D eigenvalue weighted by atomic mass is 10.6.